The van der Waals surface area contributed by atoms with Crippen molar-refractivity contribution in [2.45, 2.75) is 18.9 Å². The van der Waals surface area contributed by atoms with Gasteiger partial charge in [-0.05, 0) is 6.42 Å². The van der Waals surface area contributed by atoms with E-state index in [0.29, 0.717) is 6.42 Å². The predicted molar refractivity (Wildman–Crippen MR) is 53.9 cm³/mol. The molecule has 0 aromatic rings. The molecule has 0 bridgehead atoms. The number of esters is 1. The summed E-state index contributed by atoms with van der Waals surface area (Å²) in [6, 6.07) is -0.558. The Hall–Kier alpha value is -0.140. The third-order valence-corrected chi connectivity index (χ3v) is 2.36. The third kappa shape index (κ3) is 5.22. The predicted octanol–water partition coefficient (Wildman–Crippen LogP) is 0.715. The van der Waals surface area contributed by atoms with Crippen molar-refractivity contribution in [3.8, 4) is 0 Å². The minimum absolute atomic E-state index is 0.132. The number of nitrogens with two attached hydrogens (primary N) is 1. The molecule has 13 heavy (non-hydrogen) atoms. The van der Waals surface area contributed by atoms with Crippen LogP contribution in [0.4, 0.5) is 0 Å². The van der Waals surface area contributed by atoms with E-state index in [1.54, 1.807) is 0 Å². The lowest BCUT2D eigenvalue weighted by molar-refractivity contribution is -0.143. The van der Waals surface area contributed by atoms with Gasteiger partial charge in [-0.25, -0.2) is 0 Å². The summed E-state index contributed by atoms with van der Waals surface area (Å²) in [6.07, 6.45) is 0.436. The number of nitrogens with zero attached hydrogens (tertiary/aromatic N) is 1. The smallest absolute Gasteiger partial charge is 0.324 e. The zero-order valence-corrected chi connectivity index (χ0v) is 10.2. The molecular weight excluding hydrogens is 308 g/mol. The molecule has 1 atom stereocenters. The summed E-state index contributed by atoms with van der Waals surface area (Å²) in [5.74, 6) is -0.884. The molecule has 0 aromatic carbocycles. The second-order valence-electron chi connectivity index (χ2n) is 2.30. The number of halogens is 2. The third-order valence-electron chi connectivity index (χ3n) is 1.37. The molecule has 1 amide bonds. The van der Waals surface area contributed by atoms with Gasteiger partial charge in [-0.1, -0.05) is 0 Å². The molecule has 0 fully saturated rings. The summed E-state index contributed by atoms with van der Waals surface area (Å²) in [6.45, 7) is 0. The van der Waals surface area contributed by atoms with Crippen LogP contribution in [0.25, 0.3) is 0 Å². The number of methoxy groups -OCH3 is 1. The van der Waals surface area contributed by atoms with Gasteiger partial charge in [0.15, 0.2) is 0 Å². The van der Waals surface area contributed by atoms with E-state index < -0.39 is 17.9 Å². The van der Waals surface area contributed by atoms with Gasteiger partial charge in [0.25, 0.3) is 0 Å². The largest absolute Gasteiger partial charge is 0.468 e. The van der Waals surface area contributed by atoms with Crippen LogP contribution >= 0.6 is 32.3 Å². The number of carbonyl (C=O) groups is 2. The molecule has 0 rings (SSSR count). The Kier molecular flexibility index (Phi) is 6.27. The monoisotopic (exact) mass is 316 g/mol. The van der Waals surface area contributed by atoms with Crippen molar-refractivity contribution < 1.29 is 14.3 Å². The number of amides is 1. The van der Waals surface area contributed by atoms with E-state index in [2.05, 4.69) is 37.0 Å². The molecule has 0 heterocycles. The van der Waals surface area contributed by atoms with E-state index in [9.17, 15) is 9.59 Å². The van der Waals surface area contributed by atoms with Gasteiger partial charge in [0.1, 0.15) is 6.04 Å². The summed E-state index contributed by atoms with van der Waals surface area (Å²) in [7, 11) is 1.28. The molecule has 0 spiro atoms. The Morgan fingerprint density at radius 2 is 2.08 bits per heavy atom. The highest BCUT2D eigenvalue weighted by molar-refractivity contribution is 9.21. The maximum atomic E-state index is 11.1. The quantitative estimate of drug-likeness (QED) is 0.599. The van der Waals surface area contributed by atoms with E-state index in [-0.39, 0.29) is 6.42 Å². The van der Waals surface area contributed by atoms with Crippen LogP contribution in [0.15, 0.2) is 0 Å². The Labute approximate surface area is 93.3 Å². The Balaban J connectivity index is 4.10. The highest BCUT2D eigenvalue weighted by Gasteiger charge is 2.24. The first-order valence-corrected chi connectivity index (χ1v) is 4.87. The first kappa shape index (κ1) is 12.9. The van der Waals surface area contributed by atoms with Crippen LogP contribution in [0.5, 0.6) is 0 Å². The Morgan fingerprint density at radius 1 is 1.54 bits per heavy atom. The minimum atomic E-state index is -0.558. The van der Waals surface area contributed by atoms with Crippen LogP contribution in [-0.2, 0) is 14.3 Å². The van der Waals surface area contributed by atoms with Gasteiger partial charge in [0.2, 0.25) is 5.91 Å². The van der Waals surface area contributed by atoms with Crippen LogP contribution in [0.2, 0.25) is 0 Å². The molecule has 5 nitrogen and oxygen atoms in total. The Bertz CT molecular complexity index is 198. The summed E-state index contributed by atoms with van der Waals surface area (Å²) in [5, 5.41) is 0. The molecule has 2 N–H and O–H groups in total. The lowest BCUT2D eigenvalue weighted by Crippen LogP contribution is -2.31. The van der Waals surface area contributed by atoms with Crippen LogP contribution in [0.1, 0.15) is 12.8 Å². The van der Waals surface area contributed by atoms with Gasteiger partial charge < -0.3 is 10.5 Å². The number of hydrogen-bond donors (Lipinski definition) is 1. The van der Waals surface area contributed by atoms with Crippen molar-refractivity contribution in [3.05, 3.63) is 0 Å². The van der Waals surface area contributed by atoms with Gasteiger partial charge >= 0.3 is 5.97 Å². The van der Waals surface area contributed by atoms with Crippen molar-refractivity contribution in [3.63, 3.8) is 0 Å². The fraction of sp³-hybridized carbons (Fsp3) is 0.667. The second-order valence-corrected chi connectivity index (χ2v) is 4.78. The second kappa shape index (κ2) is 6.33. The zero-order valence-electron chi connectivity index (χ0n) is 7.00. The molecular formula is C6H10Br2N2O3. The highest BCUT2D eigenvalue weighted by Crippen LogP contribution is 2.17. The van der Waals surface area contributed by atoms with Gasteiger partial charge in [0, 0.05) is 38.7 Å². The first-order chi connectivity index (χ1) is 5.99. The zero-order chi connectivity index (χ0) is 10.4. The molecule has 7 heteroatoms. The topological polar surface area (TPSA) is 72.6 Å². The minimum Gasteiger partial charge on any atom is -0.468 e. The fourth-order valence-corrected chi connectivity index (χ4v) is 1.45. The van der Waals surface area contributed by atoms with Crippen molar-refractivity contribution >= 4 is 44.2 Å². The molecule has 0 aliphatic heterocycles. The van der Waals surface area contributed by atoms with Crippen molar-refractivity contribution in [1.82, 2.24) is 2.95 Å². The SMILES string of the molecule is COC(=O)[C@H](CCC(N)=O)N(Br)Br. The normalized spacial score (nSPS) is 12.6. The lowest BCUT2D eigenvalue weighted by Gasteiger charge is -2.16. The van der Waals surface area contributed by atoms with E-state index in [4.69, 9.17) is 5.73 Å². The van der Waals surface area contributed by atoms with Gasteiger partial charge in [-0.3, -0.25) is 9.59 Å². The molecule has 0 unspecified atom stereocenters. The average molecular weight is 318 g/mol. The summed E-state index contributed by atoms with van der Waals surface area (Å²) < 4.78 is 5.84. The Morgan fingerprint density at radius 3 is 2.38 bits per heavy atom. The molecule has 0 aromatic heterocycles. The van der Waals surface area contributed by atoms with E-state index in [1.807, 2.05) is 0 Å². The molecule has 0 saturated carbocycles. The van der Waals surface area contributed by atoms with E-state index in [1.165, 1.54) is 10.1 Å². The maximum absolute atomic E-state index is 11.1. The van der Waals surface area contributed by atoms with Crippen molar-refractivity contribution in [1.29, 1.82) is 0 Å². The van der Waals surface area contributed by atoms with Gasteiger partial charge in [-0.2, -0.15) is 2.95 Å². The summed E-state index contributed by atoms with van der Waals surface area (Å²) in [4.78, 5) is 21.5. The molecule has 0 saturated heterocycles. The standard InChI is InChI=1S/C6H10Br2N2O3/c1-13-6(12)4(10(7)8)2-3-5(9)11/h4H,2-3H2,1H3,(H2,9,11)/t4-/m0/s1. The first-order valence-electron chi connectivity index (χ1n) is 3.46. The van der Waals surface area contributed by atoms with Crippen LogP contribution in [-0.4, -0.2) is 28.0 Å². The summed E-state index contributed by atoms with van der Waals surface area (Å²) in [5.41, 5.74) is 4.94. The van der Waals surface area contributed by atoms with Crippen molar-refractivity contribution in [2.24, 2.45) is 5.73 Å². The number of hydrogen-bond acceptors (Lipinski definition) is 4. The average Bonchev–Trinajstić information content (AvgIpc) is 2.03. The molecule has 0 aliphatic rings. The lowest BCUT2D eigenvalue weighted by atomic mass is 10.2. The highest BCUT2D eigenvalue weighted by atomic mass is 79.9. The summed E-state index contributed by atoms with van der Waals surface area (Å²) >= 11 is 6.06. The van der Waals surface area contributed by atoms with Gasteiger partial charge in [-0.15, -0.1) is 0 Å². The number of ether oxygens (including phenoxy) is 1. The molecule has 0 radical (unpaired) electrons. The van der Waals surface area contributed by atoms with E-state index >= 15 is 0 Å². The number of carbonyl (C=O) groups excluding carboxylic acids is 2. The fourth-order valence-electron chi connectivity index (χ4n) is 0.710. The molecule has 0 aliphatic carbocycles. The van der Waals surface area contributed by atoms with Gasteiger partial charge in [0.05, 0.1) is 7.11 Å². The van der Waals surface area contributed by atoms with Crippen LogP contribution in [0, 0.1) is 0 Å². The van der Waals surface area contributed by atoms with Crippen molar-refractivity contribution in [2.75, 3.05) is 7.11 Å². The maximum Gasteiger partial charge on any atom is 0.324 e. The number of rotatable bonds is 5. The van der Waals surface area contributed by atoms with Crippen LogP contribution in [0.3, 0.4) is 0 Å². The van der Waals surface area contributed by atoms with E-state index in [0.717, 1.165) is 0 Å². The number of primary amides is 1. The van der Waals surface area contributed by atoms with Crippen LogP contribution < -0.4 is 5.73 Å². The molecule has 76 valence electrons.